The second-order valence-electron chi connectivity index (χ2n) is 8.52. The molecule has 6 nitrogen and oxygen atoms in total. The zero-order chi connectivity index (χ0) is 21.7. The highest BCUT2D eigenvalue weighted by atomic mass is 16.2. The first-order valence-electron chi connectivity index (χ1n) is 11.1. The number of hydrogen-bond acceptors (Lipinski definition) is 3. The fourth-order valence-corrected chi connectivity index (χ4v) is 4.57. The summed E-state index contributed by atoms with van der Waals surface area (Å²) < 4.78 is 0. The van der Waals surface area contributed by atoms with Crippen molar-refractivity contribution in [1.29, 1.82) is 0 Å². The van der Waals surface area contributed by atoms with Gasteiger partial charge in [-0.05, 0) is 24.0 Å². The molecule has 31 heavy (non-hydrogen) atoms. The lowest BCUT2D eigenvalue weighted by atomic mass is 9.84. The van der Waals surface area contributed by atoms with E-state index in [1.54, 1.807) is 4.90 Å². The van der Waals surface area contributed by atoms with Crippen LogP contribution in [0, 0.1) is 0 Å². The van der Waals surface area contributed by atoms with Crippen LogP contribution in [0.25, 0.3) is 0 Å². The van der Waals surface area contributed by atoms with Crippen LogP contribution >= 0.6 is 0 Å². The lowest BCUT2D eigenvalue weighted by molar-refractivity contribution is -0.139. The quantitative estimate of drug-likeness (QED) is 0.732. The van der Waals surface area contributed by atoms with E-state index in [1.165, 1.54) is 0 Å². The van der Waals surface area contributed by atoms with Crippen LogP contribution in [-0.2, 0) is 22.4 Å². The maximum Gasteiger partial charge on any atom is 0.325 e. The van der Waals surface area contributed by atoms with Crippen molar-refractivity contribution in [2.75, 3.05) is 19.6 Å². The highest BCUT2D eigenvalue weighted by Crippen LogP contribution is 2.27. The Labute approximate surface area is 183 Å². The SMILES string of the molecule is O=C(CN1C(=O)NC(Cc2ccccc2)(Cc2ccccc2)C1=O)N1CCCCCC1. The van der Waals surface area contributed by atoms with Crippen LogP contribution in [0.5, 0.6) is 0 Å². The normalized spacial score (nSPS) is 18.6. The topological polar surface area (TPSA) is 69.7 Å². The Balaban J connectivity index is 1.57. The average Bonchev–Trinajstić information content (AvgIpc) is 2.98. The molecule has 1 N–H and O–H groups in total. The molecule has 2 aromatic rings. The number of nitrogens with zero attached hydrogens (tertiary/aromatic N) is 2. The number of hydrogen-bond donors (Lipinski definition) is 1. The Bertz CT molecular complexity index is 880. The van der Waals surface area contributed by atoms with Crippen molar-refractivity contribution in [3.05, 3.63) is 71.8 Å². The van der Waals surface area contributed by atoms with Crippen LogP contribution < -0.4 is 5.32 Å². The van der Waals surface area contributed by atoms with Gasteiger partial charge in [-0.25, -0.2) is 4.79 Å². The van der Waals surface area contributed by atoms with Gasteiger partial charge in [-0.1, -0.05) is 73.5 Å². The molecule has 6 heteroatoms. The smallest absolute Gasteiger partial charge is 0.325 e. The third-order valence-corrected chi connectivity index (χ3v) is 6.20. The molecule has 2 aliphatic heterocycles. The van der Waals surface area contributed by atoms with Crippen molar-refractivity contribution in [1.82, 2.24) is 15.1 Å². The van der Waals surface area contributed by atoms with Crippen molar-refractivity contribution in [2.24, 2.45) is 0 Å². The zero-order valence-electron chi connectivity index (χ0n) is 17.8. The molecular formula is C25H29N3O3. The average molecular weight is 420 g/mol. The molecule has 2 aliphatic rings. The maximum atomic E-state index is 13.6. The van der Waals surface area contributed by atoms with Gasteiger partial charge in [0, 0.05) is 25.9 Å². The summed E-state index contributed by atoms with van der Waals surface area (Å²) in [6, 6.07) is 18.9. The molecule has 2 heterocycles. The number of amides is 4. The summed E-state index contributed by atoms with van der Waals surface area (Å²) in [5, 5.41) is 2.95. The summed E-state index contributed by atoms with van der Waals surface area (Å²) >= 11 is 0. The molecule has 0 unspecified atom stereocenters. The third-order valence-electron chi connectivity index (χ3n) is 6.20. The molecule has 162 valence electrons. The lowest BCUT2D eigenvalue weighted by Gasteiger charge is -2.28. The molecule has 0 aromatic heterocycles. The number of imide groups is 1. The fraction of sp³-hybridized carbons (Fsp3) is 0.400. The zero-order valence-corrected chi connectivity index (χ0v) is 17.8. The molecule has 2 fully saturated rings. The standard InChI is InChI=1S/C25H29N3O3/c29-22(27-15-9-1-2-10-16-27)19-28-23(30)25(26-24(28)31,17-20-11-5-3-6-12-20)18-21-13-7-4-8-14-21/h3-8,11-14H,1-2,9-10,15-19H2,(H,26,31). The summed E-state index contributed by atoms with van der Waals surface area (Å²) in [5.74, 6) is -0.478. The van der Waals surface area contributed by atoms with Crippen LogP contribution in [0.15, 0.2) is 60.7 Å². The van der Waals surface area contributed by atoms with E-state index >= 15 is 0 Å². The van der Waals surface area contributed by atoms with Gasteiger partial charge in [0.05, 0.1) is 0 Å². The number of rotatable bonds is 6. The third kappa shape index (κ3) is 4.79. The van der Waals surface area contributed by atoms with Gasteiger partial charge in [-0.2, -0.15) is 0 Å². The number of nitrogens with one attached hydrogen (secondary N) is 1. The van der Waals surface area contributed by atoms with Gasteiger partial charge in [0.1, 0.15) is 12.1 Å². The molecule has 0 spiro atoms. The van der Waals surface area contributed by atoms with E-state index in [9.17, 15) is 14.4 Å². The predicted octanol–water partition coefficient (Wildman–Crippen LogP) is 3.17. The van der Waals surface area contributed by atoms with Gasteiger partial charge in [-0.15, -0.1) is 0 Å². The minimum absolute atomic E-state index is 0.152. The van der Waals surface area contributed by atoms with Crippen LogP contribution in [0.1, 0.15) is 36.8 Å². The van der Waals surface area contributed by atoms with Gasteiger partial charge in [0.2, 0.25) is 5.91 Å². The van der Waals surface area contributed by atoms with Crippen molar-refractivity contribution in [3.8, 4) is 0 Å². The Morgan fingerprint density at radius 2 is 1.32 bits per heavy atom. The minimum atomic E-state index is -1.10. The van der Waals surface area contributed by atoms with E-state index < -0.39 is 11.6 Å². The van der Waals surface area contributed by atoms with Crippen LogP contribution in [-0.4, -0.2) is 52.8 Å². The summed E-state index contributed by atoms with van der Waals surface area (Å²) in [7, 11) is 0. The molecule has 0 aliphatic carbocycles. The fourth-order valence-electron chi connectivity index (χ4n) is 4.57. The first-order chi connectivity index (χ1) is 15.1. The number of carbonyl (C=O) groups excluding carboxylic acids is 3. The molecule has 2 saturated heterocycles. The van der Waals surface area contributed by atoms with E-state index in [4.69, 9.17) is 0 Å². The molecule has 4 rings (SSSR count). The lowest BCUT2D eigenvalue weighted by Crippen LogP contribution is -2.51. The van der Waals surface area contributed by atoms with Gasteiger partial charge in [0.15, 0.2) is 0 Å². The summed E-state index contributed by atoms with van der Waals surface area (Å²) in [6.45, 7) is 1.19. The van der Waals surface area contributed by atoms with E-state index in [2.05, 4.69) is 5.32 Å². The first-order valence-corrected chi connectivity index (χ1v) is 11.1. The monoisotopic (exact) mass is 419 g/mol. The van der Waals surface area contributed by atoms with Crippen molar-refractivity contribution in [2.45, 2.75) is 44.1 Å². The Morgan fingerprint density at radius 3 is 1.84 bits per heavy atom. The van der Waals surface area contributed by atoms with Gasteiger partial charge < -0.3 is 10.2 Å². The number of carbonyl (C=O) groups is 3. The number of likely N-dealkylation sites (tertiary alicyclic amines) is 1. The summed E-state index contributed by atoms with van der Waals surface area (Å²) in [5.41, 5.74) is 0.833. The number of benzene rings is 2. The van der Waals surface area contributed by atoms with Gasteiger partial charge in [-0.3, -0.25) is 14.5 Å². The minimum Gasteiger partial charge on any atom is -0.341 e. The number of urea groups is 1. The maximum absolute atomic E-state index is 13.6. The van der Waals surface area contributed by atoms with Crippen molar-refractivity contribution >= 4 is 17.8 Å². The van der Waals surface area contributed by atoms with E-state index in [0.717, 1.165) is 41.7 Å². The van der Waals surface area contributed by atoms with Gasteiger partial charge in [0.25, 0.3) is 5.91 Å². The molecule has 0 bridgehead atoms. The van der Waals surface area contributed by atoms with Gasteiger partial charge >= 0.3 is 6.03 Å². The molecule has 2 aromatic carbocycles. The van der Waals surface area contributed by atoms with Crippen LogP contribution in [0.2, 0.25) is 0 Å². The van der Waals surface area contributed by atoms with Crippen LogP contribution in [0.4, 0.5) is 4.79 Å². The second kappa shape index (κ2) is 9.33. The van der Waals surface area contributed by atoms with Crippen LogP contribution in [0.3, 0.4) is 0 Å². The van der Waals surface area contributed by atoms with E-state index in [0.29, 0.717) is 25.9 Å². The highest BCUT2D eigenvalue weighted by Gasteiger charge is 2.51. The van der Waals surface area contributed by atoms with Crippen molar-refractivity contribution < 1.29 is 14.4 Å². The first kappa shape index (κ1) is 21.1. The predicted molar refractivity (Wildman–Crippen MR) is 118 cm³/mol. The Kier molecular flexibility index (Phi) is 6.35. The van der Waals surface area contributed by atoms with E-state index in [1.807, 2.05) is 60.7 Å². The highest BCUT2D eigenvalue weighted by molar-refractivity contribution is 6.09. The Morgan fingerprint density at radius 1 is 0.806 bits per heavy atom. The molecule has 4 amide bonds. The van der Waals surface area contributed by atoms with E-state index in [-0.39, 0.29) is 18.4 Å². The molecule has 0 saturated carbocycles. The molecular weight excluding hydrogens is 390 g/mol. The Hall–Kier alpha value is -3.15. The summed E-state index contributed by atoms with van der Waals surface area (Å²) in [6.07, 6.45) is 4.92. The molecule has 0 atom stereocenters. The molecule has 0 radical (unpaired) electrons. The summed E-state index contributed by atoms with van der Waals surface area (Å²) in [4.78, 5) is 42.3. The van der Waals surface area contributed by atoms with Crippen molar-refractivity contribution in [3.63, 3.8) is 0 Å². The largest absolute Gasteiger partial charge is 0.341 e. The second-order valence-corrected chi connectivity index (χ2v) is 8.52.